The molecule has 9 heteroatoms. The number of hydrogen-bond donors (Lipinski definition) is 2. The lowest BCUT2D eigenvalue weighted by molar-refractivity contribution is 0.122. The quantitative estimate of drug-likeness (QED) is 0.315. The van der Waals surface area contributed by atoms with Crippen molar-refractivity contribution in [2.75, 3.05) is 74.6 Å². The van der Waals surface area contributed by atoms with Crippen LogP contribution in [0.2, 0.25) is 0 Å². The summed E-state index contributed by atoms with van der Waals surface area (Å²) in [5, 5.41) is 3.59. The molecule has 7 rings (SSSR count). The Morgan fingerprint density at radius 2 is 1.76 bits per heavy atom. The van der Waals surface area contributed by atoms with Gasteiger partial charge in [0.25, 0.3) is 0 Å². The summed E-state index contributed by atoms with van der Waals surface area (Å²) in [5.74, 6) is 2.69. The van der Waals surface area contributed by atoms with E-state index in [1.165, 1.54) is 5.56 Å². The molecule has 5 heterocycles. The van der Waals surface area contributed by atoms with Gasteiger partial charge in [-0.05, 0) is 60.6 Å². The molecule has 4 aromatic rings. The number of morpholine rings is 1. The molecule has 0 amide bonds. The van der Waals surface area contributed by atoms with Crippen molar-refractivity contribution in [3.63, 3.8) is 0 Å². The molecule has 0 unspecified atom stereocenters. The first-order valence-corrected chi connectivity index (χ1v) is 14.7. The number of aromatic nitrogens is 2. The molecule has 0 saturated carbocycles. The zero-order chi connectivity index (χ0) is 28.5. The van der Waals surface area contributed by atoms with Crippen LogP contribution in [0.5, 0.6) is 11.5 Å². The van der Waals surface area contributed by atoms with Crippen LogP contribution in [0.4, 0.5) is 17.2 Å². The van der Waals surface area contributed by atoms with Crippen molar-refractivity contribution in [2.45, 2.75) is 13.0 Å². The molecule has 0 aliphatic carbocycles. The van der Waals surface area contributed by atoms with Gasteiger partial charge in [0.05, 0.1) is 18.9 Å². The number of pyridine rings is 2. The molecule has 0 atom stereocenters. The minimum absolute atomic E-state index is 0.122. The van der Waals surface area contributed by atoms with Crippen LogP contribution in [0.15, 0.2) is 71.7 Å². The predicted molar refractivity (Wildman–Crippen MR) is 166 cm³/mol. The Morgan fingerprint density at radius 1 is 0.905 bits per heavy atom. The SMILES string of the molecule is CN1CCN(c2cc(CNc3ccc4c(c3)Cc3cccc(-c5cc(N6CCOCC6)cc(=O)[nH]5)c3O4)ccn2)CC1. The monoisotopic (exact) mass is 564 g/mol. The molecule has 3 aliphatic heterocycles. The maximum Gasteiger partial charge on any atom is 0.250 e. The third-order valence-electron chi connectivity index (χ3n) is 8.38. The second-order valence-electron chi connectivity index (χ2n) is 11.3. The van der Waals surface area contributed by atoms with E-state index in [0.29, 0.717) is 13.2 Å². The number of fused-ring (bicyclic) bond motifs is 2. The van der Waals surface area contributed by atoms with E-state index in [-0.39, 0.29) is 5.56 Å². The van der Waals surface area contributed by atoms with Crippen LogP contribution in [0.3, 0.4) is 0 Å². The highest BCUT2D eigenvalue weighted by molar-refractivity contribution is 5.74. The van der Waals surface area contributed by atoms with E-state index in [1.54, 1.807) is 6.07 Å². The molecule has 0 bridgehead atoms. The highest BCUT2D eigenvalue weighted by Gasteiger charge is 2.22. The Hall–Kier alpha value is -4.34. The van der Waals surface area contributed by atoms with E-state index in [9.17, 15) is 4.79 Å². The number of hydrogen-bond acceptors (Lipinski definition) is 8. The van der Waals surface area contributed by atoms with E-state index in [0.717, 1.165) is 103 Å². The fourth-order valence-corrected chi connectivity index (χ4v) is 5.96. The lowest BCUT2D eigenvalue weighted by Gasteiger charge is -2.33. The zero-order valence-electron chi connectivity index (χ0n) is 23.9. The Kier molecular flexibility index (Phi) is 7.27. The van der Waals surface area contributed by atoms with Crippen LogP contribution in [-0.4, -0.2) is 74.4 Å². The van der Waals surface area contributed by atoms with Crippen molar-refractivity contribution in [2.24, 2.45) is 0 Å². The zero-order valence-corrected chi connectivity index (χ0v) is 23.9. The highest BCUT2D eigenvalue weighted by atomic mass is 16.5. The predicted octanol–water partition coefficient (Wildman–Crippen LogP) is 4.33. The van der Waals surface area contributed by atoms with Crippen LogP contribution in [0.1, 0.15) is 16.7 Å². The number of nitrogens with zero attached hydrogens (tertiary/aromatic N) is 4. The van der Waals surface area contributed by atoms with Gasteiger partial charge in [-0.1, -0.05) is 12.1 Å². The van der Waals surface area contributed by atoms with E-state index in [4.69, 9.17) is 9.47 Å². The third kappa shape index (κ3) is 5.57. The fraction of sp³-hybridized carbons (Fsp3) is 0.333. The number of likely N-dealkylation sites (N-methyl/N-ethyl adjacent to an activating group) is 1. The smallest absolute Gasteiger partial charge is 0.250 e. The topological polar surface area (TPSA) is 86.0 Å². The molecule has 2 aromatic heterocycles. The Morgan fingerprint density at radius 3 is 2.62 bits per heavy atom. The van der Waals surface area contributed by atoms with E-state index in [2.05, 4.69) is 67.4 Å². The van der Waals surface area contributed by atoms with Crippen LogP contribution in [-0.2, 0) is 17.7 Å². The van der Waals surface area contributed by atoms with Gasteiger partial charge in [-0.2, -0.15) is 0 Å². The molecular weight excluding hydrogens is 528 g/mol. The fourth-order valence-electron chi connectivity index (χ4n) is 5.96. The van der Waals surface area contributed by atoms with Gasteiger partial charge in [-0.3, -0.25) is 4.79 Å². The summed E-state index contributed by atoms with van der Waals surface area (Å²) < 4.78 is 12.0. The summed E-state index contributed by atoms with van der Waals surface area (Å²) in [6.07, 6.45) is 2.66. The van der Waals surface area contributed by atoms with E-state index >= 15 is 0 Å². The van der Waals surface area contributed by atoms with Crippen molar-refractivity contribution in [1.29, 1.82) is 0 Å². The van der Waals surface area contributed by atoms with Gasteiger partial charge in [-0.25, -0.2) is 4.98 Å². The number of aromatic amines is 1. The van der Waals surface area contributed by atoms with Crippen molar-refractivity contribution < 1.29 is 9.47 Å². The molecule has 0 radical (unpaired) electrons. The summed E-state index contributed by atoms with van der Waals surface area (Å²) in [6, 6.07) is 20.4. The van der Waals surface area contributed by atoms with Gasteiger partial charge in [0, 0.05) is 87.0 Å². The van der Waals surface area contributed by atoms with Gasteiger partial charge in [0.2, 0.25) is 5.56 Å². The first kappa shape index (κ1) is 26.6. The largest absolute Gasteiger partial charge is 0.456 e. The molecule has 2 saturated heterocycles. The number of H-pyrrole nitrogens is 1. The molecule has 42 heavy (non-hydrogen) atoms. The van der Waals surface area contributed by atoms with Gasteiger partial charge in [0.15, 0.2) is 0 Å². The average Bonchev–Trinajstić information content (AvgIpc) is 3.03. The standard InChI is InChI=1S/C33H36N6O3/c1-37-9-11-39(12-10-37)31-17-23(7-8-34-31)22-35-26-5-6-30-25(19-26)18-24-3-2-4-28(33(24)42-30)29-20-27(21-32(40)36-29)38-13-15-41-16-14-38/h2-8,17,19-21,35H,9-16,18,22H2,1H3,(H,36,40). The van der Waals surface area contributed by atoms with E-state index < -0.39 is 0 Å². The molecule has 2 fully saturated rings. The second-order valence-corrected chi connectivity index (χ2v) is 11.3. The Bertz CT molecular complexity index is 1640. The van der Waals surface area contributed by atoms with Gasteiger partial charge in [0.1, 0.15) is 17.3 Å². The summed E-state index contributed by atoms with van der Waals surface area (Å²) in [5.41, 5.74) is 6.93. The van der Waals surface area contributed by atoms with Gasteiger partial charge in [-0.15, -0.1) is 0 Å². The number of piperazine rings is 1. The lowest BCUT2D eigenvalue weighted by Crippen LogP contribution is -2.44. The minimum Gasteiger partial charge on any atom is -0.456 e. The van der Waals surface area contributed by atoms with Crippen molar-refractivity contribution in [3.05, 3.63) is 93.9 Å². The maximum atomic E-state index is 12.6. The number of anilines is 3. The van der Waals surface area contributed by atoms with Crippen molar-refractivity contribution >= 4 is 17.2 Å². The first-order chi connectivity index (χ1) is 20.6. The molecule has 2 N–H and O–H groups in total. The number of rotatable bonds is 6. The summed E-state index contributed by atoms with van der Waals surface area (Å²) in [6.45, 7) is 7.72. The number of ether oxygens (including phenoxy) is 2. The minimum atomic E-state index is -0.122. The lowest BCUT2D eigenvalue weighted by atomic mass is 9.96. The Labute approximate surface area is 245 Å². The normalized spacial score (nSPS) is 16.9. The summed E-state index contributed by atoms with van der Waals surface area (Å²) in [7, 11) is 2.17. The third-order valence-corrected chi connectivity index (χ3v) is 8.38. The van der Waals surface area contributed by atoms with Crippen LogP contribution in [0, 0.1) is 0 Å². The second kappa shape index (κ2) is 11.5. The Balaban J connectivity index is 1.07. The maximum absolute atomic E-state index is 12.6. The first-order valence-electron chi connectivity index (χ1n) is 14.7. The van der Waals surface area contributed by atoms with E-state index in [1.807, 2.05) is 30.5 Å². The van der Waals surface area contributed by atoms with Crippen LogP contribution >= 0.6 is 0 Å². The average molecular weight is 565 g/mol. The van der Waals surface area contributed by atoms with Gasteiger partial charge < -0.3 is 34.5 Å². The van der Waals surface area contributed by atoms with Crippen molar-refractivity contribution in [1.82, 2.24) is 14.9 Å². The van der Waals surface area contributed by atoms with Crippen molar-refractivity contribution in [3.8, 4) is 22.8 Å². The molecule has 216 valence electrons. The summed E-state index contributed by atoms with van der Waals surface area (Å²) in [4.78, 5) is 27.2. The summed E-state index contributed by atoms with van der Waals surface area (Å²) >= 11 is 0. The number of benzene rings is 2. The highest BCUT2D eigenvalue weighted by Crippen LogP contribution is 2.43. The number of nitrogens with one attached hydrogen (secondary N) is 2. The molecular formula is C33H36N6O3. The molecule has 0 spiro atoms. The molecule has 2 aromatic carbocycles. The molecule has 9 nitrogen and oxygen atoms in total. The van der Waals surface area contributed by atoms with Gasteiger partial charge >= 0.3 is 0 Å². The number of para-hydroxylation sites is 1. The molecule has 3 aliphatic rings. The van der Waals surface area contributed by atoms with Crippen LogP contribution < -0.4 is 25.4 Å². The van der Waals surface area contributed by atoms with Crippen LogP contribution in [0.25, 0.3) is 11.3 Å².